The average Bonchev–Trinajstić information content (AvgIpc) is 1.86. The fourth-order valence-electron chi connectivity index (χ4n) is 0.204. The minimum absolute atomic E-state index is 0.833. The highest BCUT2D eigenvalue weighted by Crippen LogP contribution is 1.89. The van der Waals surface area contributed by atoms with Crippen molar-refractivity contribution in [3.05, 3.63) is 0 Å². The lowest BCUT2D eigenvalue weighted by molar-refractivity contribution is -0.135. The molecule has 0 spiro atoms. The fourth-order valence-corrected chi connectivity index (χ4v) is 0.612. The van der Waals surface area contributed by atoms with Gasteiger partial charge in [0.2, 0.25) is 0 Å². The smallest absolute Gasteiger partial charge is 0.300 e. The van der Waals surface area contributed by atoms with Crippen LogP contribution >= 0.6 is 9.24 Å². The second-order valence-electron chi connectivity index (χ2n) is 2.18. The van der Waals surface area contributed by atoms with Crippen molar-refractivity contribution in [2.45, 2.75) is 33.6 Å². The van der Waals surface area contributed by atoms with Crippen molar-refractivity contribution in [2.75, 3.05) is 6.16 Å². The number of carboxylic acids is 2. The Morgan fingerprint density at radius 2 is 1.38 bits per heavy atom. The van der Waals surface area contributed by atoms with E-state index in [-0.39, 0.29) is 0 Å². The average molecular weight is 210 g/mol. The summed E-state index contributed by atoms with van der Waals surface area (Å²) in [6, 6.07) is 0. The van der Waals surface area contributed by atoms with E-state index in [1.807, 2.05) is 0 Å². The number of unbranched alkanes of at least 4 members (excludes halogenated alkanes) is 1. The van der Waals surface area contributed by atoms with Crippen LogP contribution in [0, 0.1) is 0 Å². The van der Waals surface area contributed by atoms with Crippen LogP contribution < -0.4 is 0 Å². The number of rotatable bonds is 2. The molecule has 0 saturated heterocycles. The molecule has 1 unspecified atom stereocenters. The Bertz CT molecular complexity index is 103. The van der Waals surface area contributed by atoms with Gasteiger partial charge in [-0.3, -0.25) is 9.59 Å². The summed E-state index contributed by atoms with van der Waals surface area (Å²) in [6.07, 6.45) is 3.94. The van der Waals surface area contributed by atoms with Gasteiger partial charge < -0.3 is 10.2 Å². The fraction of sp³-hybridized carbons (Fsp3) is 0.750. The highest BCUT2D eigenvalue weighted by Gasteiger charge is 1.68. The minimum Gasteiger partial charge on any atom is -0.481 e. The first-order valence-corrected chi connectivity index (χ1v) is 4.79. The van der Waals surface area contributed by atoms with Crippen LogP contribution in [0.1, 0.15) is 33.6 Å². The summed E-state index contributed by atoms with van der Waals surface area (Å²) in [5.74, 6) is -1.67. The molecule has 0 rings (SSSR count). The van der Waals surface area contributed by atoms with Gasteiger partial charge in [0.05, 0.1) is 0 Å². The largest absolute Gasteiger partial charge is 0.481 e. The van der Waals surface area contributed by atoms with Crippen molar-refractivity contribution in [3.8, 4) is 0 Å². The molecular formula is C8H19O4P. The van der Waals surface area contributed by atoms with Crippen molar-refractivity contribution >= 4 is 21.2 Å². The molecule has 2 N–H and O–H groups in total. The van der Waals surface area contributed by atoms with Crippen LogP contribution in [0.4, 0.5) is 0 Å². The zero-order valence-electron chi connectivity index (χ0n) is 8.41. The van der Waals surface area contributed by atoms with Gasteiger partial charge in [-0.05, 0) is 6.16 Å². The number of carbonyl (C=O) groups is 2. The van der Waals surface area contributed by atoms with Crippen LogP contribution in [0.3, 0.4) is 0 Å². The molecule has 0 aromatic heterocycles. The molecule has 0 fully saturated rings. The maximum atomic E-state index is 9.00. The molecule has 0 heterocycles. The highest BCUT2D eigenvalue weighted by atomic mass is 31.0. The van der Waals surface area contributed by atoms with Gasteiger partial charge in [-0.25, -0.2) is 0 Å². The normalized spacial score (nSPS) is 7.08. The summed E-state index contributed by atoms with van der Waals surface area (Å²) in [7, 11) is 2.70. The topological polar surface area (TPSA) is 74.6 Å². The Hall–Kier alpha value is -0.630. The summed E-state index contributed by atoms with van der Waals surface area (Å²) in [4.78, 5) is 18.0. The lowest BCUT2D eigenvalue weighted by atomic mass is 10.4. The van der Waals surface area contributed by atoms with Crippen molar-refractivity contribution in [1.29, 1.82) is 0 Å². The number of carboxylic acid groups (broad SMARTS) is 2. The van der Waals surface area contributed by atoms with Crippen LogP contribution in [-0.4, -0.2) is 28.3 Å². The molecule has 0 saturated carbocycles. The van der Waals surface area contributed by atoms with Gasteiger partial charge in [0.25, 0.3) is 11.9 Å². The molecule has 80 valence electrons. The van der Waals surface area contributed by atoms with E-state index >= 15 is 0 Å². The van der Waals surface area contributed by atoms with Crippen LogP contribution in [0.5, 0.6) is 0 Å². The van der Waals surface area contributed by atoms with Crippen LogP contribution in [0.15, 0.2) is 0 Å². The zero-order chi connectivity index (χ0) is 11.3. The molecule has 5 heteroatoms. The Morgan fingerprint density at radius 1 is 1.15 bits per heavy atom. The molecule has 0 aromatic carbocycles. The van der Waals surface area contributed by atoms with Gasteiger partial charge in [-0.1, -0.05) is 19.8 Å². The molecule has 0 radical (unpaired) electrons. The van der Waals surface area contributed by atoms with Crippen molar-refractivity contribution in [2.24, 2.45) is 0 Å². The number of hydrogen-bond acceptors (Lipinski definition) is 2. The van der Waals surface area contributed by atoms with E-state index < -0.39 is 11.9 Å². The second-order valence-corrected chi connectivity index (χ2v) is 2.76. The van der Waals surface area contributed by atoms with Gasteiger partial charge in [0.1, 0.15) is 0 Å². The Morgan fingerprint density at radius 3 is 1.38 bits per heavy atom. The lowest BCUT2D eigenvalue weighted by Gasteiger charge is -1.79. The third-order valence-electron chi connectivity index (χ3n) is 0.558. The molecule has 0 amide bonds. The van der Waals surface area contributed by atoms with Crippen molar-refractivity contribution in [3.63, 3.8) is 0 Å². The van der Waals surface area contributed by atoms with E-state index in [1.54, 1.807) is 0 Å². The Balaban J connectivity index is -0.000000117. The predicted octanol–water partition coefficient (Wildman–Crippen LogP) is 1.84. The third kappa shape index (κ3) is 532. The quantitative estimate of drug-likeness (QED) is 0.682. The number of hydrogen-bond donors (Lipinski definition) is 2. The van der Waals surface area contributed by atoms with E-state index in [2.05, 4.69) is 16.2 Å². The standard InChI is InChI=1S/C4H11P.2C2H4O2/c1-2-3-4-5;2*1-2(3)4/h2-5H2,1H3;2*1H3,(H,3,4). The molecule has 1 atom stereocenters. The van der Waals surface area contributed by atoms with E-state index in [9.17, 15) is 0 Å². The Labute approximate surface area is 81.5 Å². The minimum atomic E-state index is -0.833. The van der Waals surface area contributed by atoms with Gasteiger partial charge >= 0.3 is 0 Å². The monoisotopic (exact) mass is 210 g/mol. The molecule has 0 aliphatic rings. The van der Waals surface area contributed by atoms with Crippen LogP contribution in [-0.2, 0) is 9.59 Å². The van der Waals surface area contributed by atoms with Gasteiger partial charge in [-0.2, -0.15) is 0 Å². The molecule has 0 aliphatic carbocycles. The summed E-state index contributed by atoms with van der Waals surface area (Å²) in [5, 5.41) is 14.8. The Kier molecular flexibility index (Phi) is 24.5. The molecule has 0 aromatic rings. The SMILES string of the molecule is CC(=O)O.CC(=O)O.CCCCP. The maximum absolute atomic E-state index is 9.00. The molecule has 0 bridgehead atoms. The first kappa shape index (κ1) is 18.2. The van der Waals surface area contributed by atoms with Crippen molar-refractivity contribution < 1.29 is 19.8 Å². The molecule has 0 aliphatic heterocycles. The summed E-state index contributed by atoms with van der Waals surface area (Å²) in [6.45, 7) is 4.37. The van der Waals surface area contributed by atoms with Crippen molar-refractivity contribution in [1.82, 2.24) is 0 Å². The molecule has 4 nitrogen and oxygen atoms in total. The second kappa shape index (κ2) is 17.5. The maximum Gasteiger partial charge on any atom is 0.300 e. The highest BCUT2D eigenvalue weighted by molar-refractivity contribution is 7.16. The van der Waals surface area contributed by atoms with Gasteiger partial charge in [0.15, 0.2) is 0 Å². The van der Waals surface area contributed by atoms with E-state index in [0.29, 0.717) is 0 Å². The van der Waals surface area contributed by atoms with Crippen LogP contribution in [0.25, 0.3) is 0 Å². The zero-order valence-corrected chi connectivity index (χ0v) is 9.56. The summed E-state index contributed by atoms with van der Waals surface area (Å²) >= 11 is 0. The lowest BCUT2D eigenvalue weighted by Crippen LogP contribution is -1.78. The van der Waals surface area contributed by atoms with E-state index in [1.165, 1.54) is 19.0 Å². The predicted molar refractivity (Wildman–Crippen MR) is 56.1 cm³/mol. The van der Waals surface area contributed by atoms with Gasteiger partial charge in [0, 0.05) is 13.8 Å². The summed E-state index contributed by atoms with van der Waals surface area (Å²) < 4.78 is 0. The third-order valence-corrected chi connectivity index (χ3v) is 0.966. The van der Waals surface area contributed by atoms with Crippen LogP contribution in [0.2, 0.25) is 0 Å². The molecular weight excluding hydrogens is 191 g/mol. The van der Waals surface area contributed by atoms with Gasteiger partial charge in [-0.15, -0.1) is 9.24 Å². The van der Waals surface area contributed by atoms with E-state index in [4.69, 9.17) is 19.8 Å². The molecule has 13 heavy (non-hydrogen) atoms. The van der Waals surface area contributed by atoms with E-state index in [0.717, 1.165) is 13.8 Å². The summed E-state index contributed by atoms with van der Waals surface area (Å²) in [5.41, 5.74) is 0. The first-order valence-electron chi connectivity index (χ1n) is 3.97. The first-order chi connectivity index (χ1) is 5.88. The number of aliphatic carboxylic acids is 2.